The van der Waals surface area contributed by atoms with E-state index in [-0.39, 0.29) is 17.6 Å². The van der Waals surface area contributed by atoms with Gasteiger partial charge in [0.25, 0.3) is 5.91 Å². The molecule has 1 aliphatic rings. The lowest BCUT2D eigenvalue weighted by Crippen LogP contribution is -2.45. The predicted molar refractivity (Wildman–Crippen MR) is 93.2 cm³/mol. The van der Waals surface area contributed by atoms with Gasteiger partial charge in [-0.25, -0.2) is 0 Å². The van der Waals surface area contributed by atoms with Gasteiger partial charge in [-0.3, -0.25) is 9.48 Å². The number of nitrogens with one attached hydrogen (secondary N) is 1. The molecule has 5 nitrogen and oxygen atoms in total. The SMILES string of the molecule is CC(C)c1nn(C)c2sc(C(=O)NC3CCOC(C)(C)C3)cc12. The largest absolute Gasteiger partial charge is 0.375 e. The van der Waals surface area contributed by atoms with Crippen LogP contribution >= 0.6 is 11.3 Å². The van der Waals surface area contributed by atoms with Crippen LogP contribution in [0, 0.1) is 0 Å². The van der Waals surface area contributed by atoms with Gasteiger partial charge in [0.05, 0.1) is 16.2 Å². The summed E-state index contributed by atoms with van der Waals surface area (Å²) in [6, 6.07) is 2.17. The minimum absolute atomic E-state index is 0.0172. The molecule has 3 rings (SSSR count). The maximum atomic E-state index is 12.6. The highest BCUT2D eigenvalue weighted by atomic mass is 32.1. The normalized spacial score (nSPS) is 21.0. The number of carbonyl (C=O) groups excluding carboxylic acids is 1. The number of amides is 1. The molecule has 0 aromatic carbocycles. The summed E-state index contributed by atoms with van der Waals surface area (Å²) in [5.41, 5.74) is 0.899. The van der Waals surface area contributed by atoms with Crippen molar-refractivity contribution in [1.29, 1.82) is 0 Å². The van der Waals surface area contributed by atoms with Gasteiger partial charge in [-0.05, 0) is 38.7 Å². The summed E-state index contributed by atoms with van der Waals surface area (Å²) in [5, 5.41) is 8.84. The fourth-order valence-corrected chi connectivity index (χ4v) is 4.20. The first-order valence-electron chi connectivity index (χ1n) is 8.18. The second kappa shape index (κ2) is 5.91. The van der Waals surface area contributed by atoms with Crippen LogP contribution in [0.3, 0.4) is 0 Å². The van der Waals surface area contributed by atoms with E-state index in [1.165, 1.54) is 11.3 Å². The van der Waals surface area contributed by atoms with E-state index >= 15 is 0 Å². The smallest absolute Gasteiger partial charge is 0.261 e. The van der Waals surface area contributed by atoms with Crippen molar-refractivity contribution in [2.24, 2.45) is 7.05 Å². The third-order valence-electron chi connectivity index (χ3n) is 4.34. The van der Waals surface area contributed by atoms with E-state index in [4.69, 9.17) is 4.74 Å². The van der Waals surface area contributed by atoms with Gasteiger partial charge in [0.2, 0.25) is 0 Å². The lowest BCUT2D eigenvalue weighted by Gasteiger charge is -2.35. The van der Waals surface area contributed by atoms with Crippen molar-refractivity contribution >= 4 is 27.5 Å². The van der Waals surface area contributed by atoms with Gasteiger partial charge in [0, 0.05) is 25.1 Å². The van der Waals surface area contributed by atoms with E-state index in [0.717, 1.165) is 33.6 Å². The fourth-order valence-electron chi connectivity index (χ4n) is 3.22. The molecule has 1 saturated heterocycles. The molecule has 126 valence electrons. The summed E-state index contributed by atoms with van der Waals surface area (Å²) < 4.78 is 7.59. The van der Waals surface area contributed by atoms with Crippen molar-refractivity contribution in [3.8, 4) is 0 Å². The summed E-state index contributed by atoms with van der Waals surface area (Å²) in [4.78, 5) is 14.4. The van der Waals surface area contributed by atoms with Crippen LogP contribution in [0.1, 0.15) is 61.8 Å². The summed E-state index contributed by atoms with van der Waals surface area (Å²) in [6.07, 6.45) is 1.72. The number of hydrogen-bond donors (Lipinski definition) is 1. The Morgan fingerprint density at radius 2 is 2.26 bits per heavy atom. The number of thiophene rings is 1. The summed E-state index contributed by atoms with van der Waals surface area (Å²) >= 11 is 1.52. The third kappa shape index (κ3) is 3.28. The zero-order valence-corrected chi connectivity index (χ0v) is 15.3. The van der Waals surface area contributed by atoms with E-state index in [2.05, 4.69) is 38.1 Å². The first-order valence-corrected chi connectivity index (χ1v) is 9.00. The summed E-state index contributed by atoms with van der Waals surface area (Å²) in [7, 11) is 1.94. The molecule has 1 N–H and O–H groups in total. The molecule has 0 bridgehead atoms. The van der Waals surface area contributed by atoms with Crippen molar-refractivity contribution in [2.45, 2.75) is 58.1 Å². The second-order valence-corrected chi connectivity index (χ2v) is 8.30. The molecule has 0 saturated carbocycles. The van der Waals surface area contributed by atoms with Gasteiger partial charge in [0.1, 0.15) is 4.83 Å². The van der Waals surface area contributed by atoms with Crippen molar-refractivity contribution in [3.05, 3.63) is 16.6 Å². The quantitative estimate of drug-likeness (QED) is 0.935. The highest BCUT2D eigenvalue weighted by Gasteiger charge is 2.30. The van der Waals surface area contributed by atoms with E-state index in [1.807, 2.05) is 17.8 Å². The first kappa shape index (κ1) is 16.5. The van der Waals surface area contributed by atoms with Crippen LogP contribution in [0.2, 0.25) is 0 Å². The van der Waals surface area contributed by atoms with Crippen LogP contribution in [0.25, 0.3) is 10.2 Å². The van der Waals surface area contributed by atoms with Crippen LogP contribution in [0.15, 0.2) is 6.07 Å². The molecule has 1 aliphatic heterocycles. The Kier molecular flexibility index (Phi) is 4.23. The Balaban J connectivity index is 1.80. The van der Waals surface area contributed by atoms with Crippen LogP contribution in [-0.4, -0.2) is 33.9 Å². The molecule has 3 heterocycles. The van der Waals surface area contributed by atoms with Crippen LogP contribution < -0.4 is 5.32 Å². The summed E-state index contributed by atoms with van der Waals surface area (Å²) in [5.74, 6) is 0.365. The highest BCUT2D eigenvalue weighted by molar-refractivity contribution is 7.20. The van der Waals surface area contributed by atoms with Gasteiger partial charge in [-0.2, -0.15) is 5.10 Å². The van der Waals surface area contributed by atoms with E-state index < -0.39 is 0 Å². The highest BCUT2D eigenvalue weighted by Crippen LogP contribution is 2.32. The van der Waals surface area contributed by atoms with Crippen molar-refractivity contribution < 1.29 is 9.53 Å². The Bertz CT molecular complexity index is 730. The van der Waals surface area contributed by atoms with Gasteiger partial charge in [-0.1, -0.05) is 13.8 Å². The molecule has 1 amide bonds. The molecule has 23 heavy (non-hydrogen) atoms. The lowest BCUT2D eigenvalue weighted by atomic mass is 9.94. The van der Waals surface area contributed by atoms with Crippen LogP contribution in [-0.2, 0) is 11.8 Å². The first-order chi connectivity index (χ1) is 10.8. The Morgan fingerprint density at radius 3 is 2.91 bits per heavy atom. The monoisotopic (exact) mass is 335 g/mol. The number of aromatic nitrogens is 2. The molecule has 1 unspecified atom stereocenters. The van der Waals surface area contributed by atoms with Crippen molar-refractivity contribution in [1.82, 2.24) is 15.1 Å². The number of aryl methyl sites for hydroxylation is 1. The fraction of sp³-hybridized carbons (Fsp3) is 0.647. The zero-order chi connectivity index (χ0) is 16.8. The van der Waals surface area contributed by atoms with Crippen molar-refractivity contribution in [3.63, 3.8) is 0 Å². The Morgan fingerprint density at radius 1 is 1.52 bits per heavy atom. The standard InChI is InChI=1S/C17H25N3O2S/c1-10(2)14-12-8-13(23-16(12)20(5)19-14)15(21)18-11-6-7-22-17(3,4)9-11/h8,10-11H,6-7,9H2,1-5H3,(H,18,21). The molecule has 2 aromatic heterocycles. The number of hydrogen-bond acceptors (Lipinski definition) is 4. The van der Waals surface area contributed by atoms with E-state index in [9.17, 15) is 4.79 Å². The van der Waals surface area contributed by atoms with Gasteiger partial charge >= 0.3 is 0 Å². The molecular formula is C17H25N3O2S. The third-order valence-corrected chi connectivity index (χ3v) is 5.54. The molecule has 0 spiro atoms. The van der Waals surface area contributed by atoms with E-state index in [1.54, 1.807) is 0 Å². The number of rotatable bonds is 3. The molecule has 2 aromatic rings. The van der Waals surface area contributed by atoms with Crippen LogP contribution in [0.4, 0.5) is 0 Å². The maximum Gasteiger partial charge on any atom is 0.261 e. The lowest BCUT2D eigenvalue weighted by molar-refractivity contribution is -0.0615. The van der Waals surface area contributed by atoms with Gasteiger partial charge in [-0.15, -0.1) is 11.3 Å². The van der Waals surface area contributed by atoms with Gasteiger partial charge < -0.3 is 10.1 Å². The Hall–Kier alpha value is -1.40. The minimum atomic E-state index is -0.162. The molecule has 0 radical (unpaired) electrons. The van der Waals surface area contributed by atoms with E-state index in [0.29, 0.717) is 12.5 Å². The number of fused-ring (bicyclic) bond motifs is 1. The topological polar surface area (TPSA) is 56.2 Å². The molecule has 1 atom stereocenters. The molecule has 6 heteroatoms. The number of ether oxygens (including phenoxy) is 1. The molecule has 1 fully saturated rings. The average Bonchev–Trinajstić information content (AvgIpc) is 2.98. The molecular weight excluding hydrogens is 310 g/mol. The number of carbonyl (C=O) groups is 1. The second-order valence-electron chi connectivity index (χ2n) is 7.26. The van der Waals surface area contributed by atoms with Gasteiger partial charge in [0.15, 0.2) is 0 Å². The minimum Gasteiger partial charge on any atom is -0.375 e. The summed E-state index contributed by atoms with van der Waals surface area (Å²) in [6.45, 7) is 9.11. The zero-order valence-electron chi connectivity index (χ0n) is 14.5. The predicted octanol–water partition coefficient (Wildman–Crippen LogP) is 3.45. The average molecular weight is 335 g/mol. The van der Waals surface area contributed by atoms with Crippen LogP contribution in [0.5, 0.6) is 0 Å². The number of nitrogens with zero attached hydrogens (tertiary/aromatic N) is 2. The Labute approximate surface area is 141 Å². The van der Waals surface area contributed by atoms with Crippen molar-refractivity contribution in [2.75, 3.05) is 6.61 Å². The molecule has 0 aliphatic carbocycles. The maximum absolute atomic E-state index is 12.6.